The van der Waals surface area contributed by atoms with Crippen LogP contribution in [0.2, 0.25) is 0 Å². The molecule has 1 aromatic rings. The van der Waals surface area contributed by atoms with E-state index >= 15 is 0 Å². The third-order valence-electron chi connectivity index (χ3n) is 2.43. The standard InChI is InChI=1S/C15H19NO2/c1-5-15(3,4)16-13-9-7-12(8-10-13)11-14(17)18-6-2/h1,7-10,16H,6,11H2,2-4H3. The Morgan fingerprint density at radius 1 is 1.39 bits per heavy atom. The predicted molar refractivity (Wildman–Crippen MR) is 73.3 cm³/mol. The molecule has 1 N–H and O–H groups in total. The first kappa shape index (κ1) is 14.1. The lowest BCUT2D eigenvalue weighted by atomic mass is 10.1. The van der Waals surface area contributed by atoms with Gasteiger partial charge in [-0.3, -0.25) is 4.79 Å². The number of anilines is 1. The maximum atomic E-state index is 11.3. The molecule has 0 bridgehead atoms. The molecule has 18 heavy (non-hydrogen) atoms. The summed E-state index contributed by atoms with van der Waals surface area (Å²) in [5.41, 5.74) is 1.48. The van der Waals surface area contributed by atoms with Crippen LogP contribution in [0.5, 0.6) is 0 Å². The van der Waals surface area contributed by atoms with E-state index < -0.39 is 0 Å². The van der Waals surface area contributed by atoms with Crippen molar-refractivity contribution in [3.63, 3.8) is 0 Å². The Morgan fingerprint density at radius 2 is 2.00 bits per heavy atom. The molecule has 1 rings (SSSR count). The van der Waals surface area contributed by atoms with Gasteiger partial charge in [0.2, 0.25) is 0 Å². The van der Waals surface area contributed by atoms with E-state index in [1.165, 1.54) is 0 Å². The number of esters is 1. The van der Waals surface area contributed by atoms with E-state index in [4.69, 9.17) is 11.2 Å². The van der Waals surface area contributed by atoms with Crippen molar-refractivity contribution in [1.29, 1.82) is 0 Å². The second-order valence-corrected chi connectivity index (χ2v) is 4.57. The molecule has 0 radical (unpaired) electrons. The Balaban J connectivity index is 2.64. The number of ether oxygens (including phenoxy) is 1. The van der Waals surface area contributed by atoms with Gasteiger partial charge in [-0.1, -0.05) is 18.1 Å². The van der Waals surface area contributed by atoms with Crippen molar-refractivity contribution in [2.45, 2.75) is 32.7 Å². The highest BCUT2D eigenvalue weighted by Gasteiger charge is 2.12. The predicted octanol–water partition coefficient (Wildman–Crippen LogP) is 2.62. The van der Waals surface area contributed by atoms with Crippen LogP contribution in [-0.4, -0.2) is 18.1 Å². The Hall–Kier alpha value is -1.95. The van der Waals surface area contributed by atoms with Crippen molar-refractivity contribution in [2.75, 3.05) is 11.9 Å². The van der Waals surface area contributed by atoms with Gasteiger partial charge in [0.25, 0.3) is 0 Å². The van der Waals surface area contributed by atoms with E-state index in [0.717, 1.165) is 11.3 Å². The first-order valence-electron chi connectivity index (χ1n) is 5.97. The number of rotatable bonds is 5. The quantitative estimate of drug-likeness (QED) is 0.640. The number of hydrogen-bond donors (Lipinski definition) is 1. The Morgan fingerprint density at radius 3 is 2.50 bits per heavy atom. The number of hydrogen-bond acceptors (Lipinski definition) is 3. The zero-order chi connectivity index (χ0) is 13.6. The fourth-order valence-electron chi connectivity index (χ4n) is 1.48. The van der Waals surface area contributed by atoms with Gasteiger partial charge in [-0.15, -0.1) is 6.42 Å². The smallest absolute Gasteiger partial charge is 0.310 e. The Bertz CT molecular complexity index is 441. The molecule has 3 heteroatoms. The molecule has 0 fully saturated rings. The lowest BCUT2D eigenvalue weighted by Gasteiger charge is -2.21. The number of terminal acetylenes is 1. The molecule has 0 aliphatic heterocycles. The molecule has 96 valence electrons. The number of nitrogens with one attached hydrogen (secondary N) is 1. The van der Waals surface area contributed by atoms with Crippen molar-refractivity contribution in [3.8, 4) is 12.3 Å². The summed E-state index contributed by atoms with van der Waals surface area (Å²) in [5.74, 6) is 2.46. The lowest BCUT2D eigenvalue weighted by Crippen LogP contribution is -2.28. The molecule has 0 unspecified atom stereocenters. The van der Waals surface area contributed by atoms with Crippen LogP contribution in [-0.2, 0) is 16.0 Å². The molecule has 0 amide bonds. The topological polar surface area (TPSA) is 38.3 Å². The second kappa shape index (κ2) is 6.11. The minimum absolute atomic E-state index is 0.206. The molecule has 0 aliphatic rings. The third kappa shape index (κ3) is 4.50. The first-order valence-corrected chi connectivity index (χ1v) is 5.97. The summed E-state index contributed by atoms with van der Waals surface area (Å²) in [4.78, 5) is 11.3. The minimum Gasteiger partial charge on any atom is -0.466 e. The van der Waals surface area contributed by atoms with Crippen LogP contribution in [0.1, 0.15) is 26.3 Å². The Kier molecular flexibility index (Phi) is 4.79. The van der Waals surface area contributed by atoms with Crippen molar-refractivity contribution in [3.05, 3.63) is 29.8 Å². The van der Waals surface area contributed by atoms with Crippen LogP contribution in [0.4, 0.5) is 5.69 Å². The van der Waals surface area contributed by atoms with Crippen LogP contribution in [0.25, 0.3) is 0 Å². The van der Waals surface area contributed by atoms with Crippen LogP contribution in [0.15, 0.2) is 24.3 Å². The van der Waals surface area contributed by atoms with E-state index in [1.807, 2.05) is 38.1 Å². The monoisotopic (exact) mass is 245 g/mol. The van der Waals surface area contributed by atoms with Crippen LogP contribution in [0, 0.1) is 12.3 Å². The molecule has 0 aliphatic carbocycles. The largest absolute Gasteiger partial charge is 0.466 e. The highest BCUT2D eigenvalue weighted by Crippen LogP contribution is 2.15. The molecular formula is C15H19NO2. The Labute approximate surface area is 109 Å². The molecule has 0 spiro atoms. The molecule has 1 aromatic carbocycles. The van der Waals surface area contributed by atoms with E-state index in [9.17, 15) is 4.79 Å². The van der Waals surface area contributed by atoms with E-state index in [0.29, 0.717) is 13.0 Å². The van der Waals surface area contributed by atoms with Crippen molar-refractivity contribution >= 4 is 11.7 Å². The lowest BCUT2D eigenvalue weighted by molar-refractivity contribution is -0.142. The van der Waals surface area contributed by atoms with Crippen molar-refractivity contribution < 1.29 is 9.53 Å². The SMILES string of the molecule is C#CC(C)(C)Nc1ccc(CC(=O)OCC)cc1. The molecule has 0 atom stereocenters. The number of carbonyl (C=O) groups excluding carboxylic acids is 1. The van der Waals surface area contributed by atoms with Gasteiger partial charge < -0.3 is 10.1 Å². The summed E-state index contributed by atoms with van der Waals surface area (Å²) in [6.07, 6.45) is 5.71. The normalized spacial score (nSPS) is 10.6. The van der Waals surface area contributed by atoms with Gasteiger partial charge in [0.15, 0.2) is 0 Å². The summed E-state index contributed by atoms with van der Waals surface area (Å²) in [5, 5.41) is 3.22. The molecule has 0 saturated heterocycles. The zero-order valence-corrected chi connectivity index (χ0v) is 11.1. The molecular weight excluding hydrogens is 226 g/mol. The maximum Gasteiger partial charge on any atom is 0.310 e. The summed E-state index contributed by atoms with van der Waals surface area (Å²) in [6, 6.07) is 7.61. The molecule has 0 aromatic heterocycles. The minimum atomic E-state index is -0.386. The fraction of sp³-hybridized carbons (Fsp3) is 0.400. The first-order chi connectivity index (χ1) is 8.46. The molecule has 0 saturated carbocycles. The van der Waals surface area contributed by atoms with Crippen LogP contribution in [0.3, 0.4) is 0 Å². The summed E-state index contributed by atoms with van der Waals surface area (Å²) < 4.78 is 4.89. The molecule has 3 nitrogen and oxygen atoms in total. The van der Waals surface area contributed by atoms with Crippen molar-refractivity contribution in [1.82, 2.24) is 0 Å². The van der Waals surface area contributed by atoms with Gasteiger partial charge in [0, 0.05) is 5.69 Å². The number of benzene rings is 1. The zero-order valence-electron chi connectivity index (χ0n) is 11.1. The van der Waals surface area contributed by atoms with Crippen LogP contribution >= 0.6 is 0 Å². The number of carbonyl (C=O) groups is 1. The highest BCUT2D eigenvalue weighted by atomic mass is 16.5. The highest BCUT2D eigenvalue weighted by molar-refractivity contribution is 5.72. The summed E-state index contributed by atoms with van der Waals surface area (Å²) in [7, 11) is 0. The van der Waals surface area contributed by atoms with Gasteiger partial charge >= 0.3 is 5.97 Å². The fourth-order valence-corrected chi connectivity index (χ4v) is 1.48. The van der Waals surface area contributed by atoms with E-state index in [1.54, 1.807) is 6.92 Å². The van der Waals surface area contributed by atoms with Gasteiger partial charge in [-0.25, -0.2) is 0 Å². The van der Waals surface area contributed by atoms with Crippen LogP contribution < -0.4 is 5.32 Å². The van der Waals surface area contributed by atoms with Gasteiger partial charge in [0.05, 0.1) is 18.6 Å². The molecule has 0 heterocycles. The van der Waals surface area contributed by atoms with E-state index in [2.05, 4.69) is 11.2 Å². The third-order valence-corrected chi connectivity index (χ3v) is 2.43. The van der Waals surface area contributed by atoms with Gasteiger partial charge in [-0.05, 0) is 38.5 Å². The average molecular weight is 245 g/mol. The van der Waals surface area contributed by atoms with Crippen molar-refractivity contribution in [2.24, 2.45) is 0 Å². The van der Waals surface area contributed by atoms with Gasteiger partial charge in [0.1, 0.15) is 0 Å². The maximum absolute atomic E-state index is 11.3. The summed E-state index contributed by atoms with van der Waals surface area (Å²) >= 11 is 0. The summed E-state index contributed by atoms with van der Waals surface area (Å²) in [6.45, 7) is 6.07. The average Bonchev–Trinajstić information content (AvgIpc) is 2.32. The van der Waals surface area contributed by atoms with Gasteiger partial charge in [-0.2, -0.15) is 0 Å². The second-order valence-electron chi connectivity index (χ2n) is 4.57. The van der Waals surface area contributed by atoms with E-state index in [-0.39, 0.29) is 11.5 Å².